The van der Waals surface area contributed by atoms with Gasteiger partial charge in [0, 0.05) is 16.2 Å². The van der Waals surface area contributed by atoms with Crippen molar-refractivity contribution in [3.05, 3.63) is 51.6 Å². The highest BCUT2D eigenvalue weighted by Crippen LogP contribution is 2.32. The largest absolute Gasteiger partial charge is 0.383 e. The number of nitrogens with zero attached hydrogens (tertiary/aromatic N) is 2. The van der Waals surface area contributed by atoms with Crippen molar-refractivity contribution in [1.29, 1.82) is 0 Å². The number of hydrogen-bond donors (Lipinski definition) is 1. The molecule has 0 bridgehead atoms. The van der Waals surface area contributed by atoms with Crippen LogP contribution in [0.2, 0.25) is 5.02 Å². The summed E-state index contributed by atoms with van der Waals surface area (Å²) in [6.45, 7) is 2.01. The summed E-state index contributed by atoms with van der Waals surface area (Å²) in [5.74, 6) is 0.622. The van der Waals surface area contributed by atoms with Crippen molar-refractivity contribution in [3.8, 4) is 11.3 Å². The molecule has 0 aliphatic carbocycles. The molecule has 1 aromatic carbocycles. The van der Waals surface area contributed by atoms with Gasteiger partial charge < -0.3 is 5.73 Å². The van der Waals surface area contributed by atoms with Gasteiger partial charge in [0.15, 0.2) is 0 Å². The molecule has 2 heterocycles. The van der Waals surface area contributed by atoms with Crippen molar-refractivity contribution in [1.82, 2.24) is 9.38 Å². The third-order valence-corrected chi connectivity index (χ3v) is 4.31. The Bertz CT molecular complexity index is 780. The predicted molar refractivity (Wildman–Crippen MR) is 82.5 cm³/mol. The van der Waals surface area contributed by atoms with Gasteiger partial charge in [0.05, 0.1) is 5.02 Å². The lowest BCUT2D eigenvalue weighted by Gasteiger charge is -2.01. The van der Waals surface area contributed by atoms with Crippen molar-refractivity contribution < 1.29 is 0 Å². The Labute approximate surface area is 124 Å². The molecular weight excluding hydrogens is 326 g/mol. The summed E-state index contributed by atoms with van der Waals surface area (Å²) in [5.41, 5.74) is 9.79. The smallest absolute Gasteiger partial charge is 0.142 e. The van der Waals surface area contributed by atoms with Crippen molar-refractivity contribution in [3.63, 3.8) is 0 Å². The summed E-state index contributed by atoms with van der Waals surface area (Å²) in [6.07, 6.45) is 1.91. The molecule has 0 radical (unpaired) electrons. The third-order valence-electron chi connectivity index (χ3n) is 3.08. The van der Waals surface area contributed by atoms with E-state index in [4.69, 9.17) is 17.3 Å². The standard InChI is InChI=1S/C14H11BrClN3/c1-8-3-2-6-19-13(17)12(18-14(8)19)9-4-5-10(15)11(16)7-9/h2-7H,17H2,1H3. The van der Waals surface area contributed by atoms with Crippen LogP contribution in [-0.4, -0.2) is 9.38 Å². The van der Waals surface area contributed by atoms with Crippen LogP contribution in [0.25, 0.3) is 16.9 Å². The average molecular weight is 337 g/mol. The number of rotatable bonds is 1. The molecule has 3 nitrogen and oxygen atoms in total. The van der Waals surface area contributed by atoms with Gasteiger partial charge in [-0.05, 0) is 46.6 Å². The monoisotopic (exact) mass is 335 g/mol. The molecular formula is C14H11BrClN3. The van der Waals surface area contributed by atoms with Crippen LogP contribution in [0.15, 0.2) is 41.0 Å². The quantitative estimate of drug-likeness (QED) is 0.719. The van der Waals surface area contributed by atoms with Gasteiger partial charge in [0.2, 0.25) is 0 Å². The molecule has 2 N–H and O–H groups in total. The molecule has 0 amide bonds. The van der Waals surface area contributed by atoms with Crippen LogP contribution in [0, 0.1) is 6.92 Å². The summed E-state index contributed by atoms with van der Waals surface area (Å²) in [4.78, 5) is 4.62. The molecule has 0 aliphatic heterocycles. The summed E-state index contributed by atoms with van der Waals surface area (Å²) in [6, 6.07) is 9.68. The minimum Gasteiger partial charge on any atom is -0.383 e. The lowest BCUT2D eigenvalue weighted by atomic mass is 10.1. The average Bonchev–Trinajstić information content (AvgIpc) is 2.72. The maximum Gasteiger partial charge on any atom is 0.142 e. The number of fused-ring (bicyclic) bond motifs is 1. The van der Waals surface area contributed by atoms with Crippen LogP contribution in [0.5, 0.6) is 0 Å². The second kappa shape index (κ2) is 4.54. The first-order valence-electron chi connectivity index (χ1n) is 5.76. The van der Waals surface area contributed by atoms with Crippen molar-refractivity contribution in [2.24, 2.45) is 0 Å². The molecule has 0 unspecified atom stereocenters. The Kier molecular flexibility index (Phi) is 2.99. The van der Waals surface area contributed by atoms with Crippen molar-refractivity contribution in [2.75, 3.05) is 5.73 Å². The number of hydrogen-bond acceptors (Lipinski definition) is 2. The lowest BCUT2D eigenvalue weighted by molar-refractivity contribution is 1.17. The van der Waals surface area contributed by atoms with Gasteiger partial charge >= 0.3 is 0 Å². The maximum absolute atomic E-state index is 6.17. The number of nitrogen functional groups attached to an aromatic ring is 1. The molecule has 0 fully saturated rings. The summed E-state index contributed by atoms with van der Waals surface area (Å²) < 4.78 is 2.75. The maximum atomic E-state index is 6.17. The SMILES string of the molecule is Cc1cccn2c(N)c(-c3ccc(Br)c(Cl)c3)nc12. The van der Waals surface area contributed by atoms with E-state index in [0.29, 0.717) is 10.8 Å². The van der Waals surface area contributed by atoms with E-state index in [1.165, 1.54) is 0 Å². The van der Waals surface area contributed by atoms with Crippen molar-refractivity contribution >= 4 is 39.0 Å². The van der Waals surface area contributed by atoms with Gasteiger partial charge in [-0.2, -0.15) is 0 Å². The molecule has 5 heteroatoms. The first-order chi connectivity index (χ1) is 9.08. The first-order valence-corrected chi connectivity index (χ1v) is 6.93. The highest BCUT2D eigenvalue weighted by atomic mass is 79.9. The minimum atomic E-state index is 0.622. The van der Waals surface area contributed by atoms with E-state index in [0.717, 1.165) is 26.9 Å². The molecule has 2 aromatic heterocycles. The topological polar surface area (TPSA) is 43.3 Å². The third kappa shape index (κ3) is 2.01. The molecule has 3 rings (SSSR count). The number of imidazole rings is 1. The Morgan fingerprint density at radius 1 is 1.32 bits per heavy atom. The van der Waals surface area contributed by atoms with E-state index < -0.39 is 0 Å². The zero-order chi connectivity index (χ0) is 13.6. The minimum absolute atomic E-state index is 0.622. The van der Waals surface area contributed by atoms with E-state index in [-0.39, 0.29) is 0 Å². The number of anilines is 1. The van der Waals surface area contributed by atoms with Gasteiger partial charge in [0.1, 0.15) is 17.2 Å². The molecule has 0 saturated heterocycles. The number of aromatic nitrogens is 2. The second-order valence-electron chi connectivity index (χ2n) is 4.36. The summed E-state index contributed by atoms with van der Waals surface area (Å²) >= 11 is 9.50. The number of benzene rings is 1. The van der Waals surface area contributed by atoms with Crippen LogP contribution < -0.4 is 5.73 Å². The van der Waals surface area contributed by atoms with E-state index >= 15 is 0 Å². The summed E-state index contributed by atoms with van der Waals surface area (Å²) in [7, 11) is 0. The highest BCUT2D eigenvalue weighted by molar-refractivity contribution is 9.10. The van der Waals surface area contributed by atoms with E-state index in [9.17, 15) is 0 Å². The fourth-order valence-electron chi connectivity index (χ4n) is 2.08. The zero-order valence-electron chi connectivity index (χ0n) is 10.2. The molecule has 3 aromatic rings. The number of halogens is 2. The fourth-order valence-corrected chi connectivity index (χ4v) is 2.51. The van der Waals surface area contributed by atoms with Gasteiger partial charge in [-0.1, -0.05) is 23.7 Å². The molecule has 0 saturated carbocycles. The Hall–Kier alpha value is -1.52. The van der Waals surface area contributed by atoms with Crippen LogP contribution in [0.1, 0.15) is 5.56 Å². The van der Waals surface area contributed by atoms with Gasteiger partial charge in [-0.15, -0.1) is 0 Å². The Morgan fingerprint density at radius 3 is 2.79 bits per heavy atom. The van der Waals surface area contributed by atoms with Crippen LogP contribution in [0.4, 0.5) is 5.82 Å². The molecule has 96 valence electrons. The molecule has 0 aliphatic rings. The number of pyridine rings is 1. The predicted octanol–water partition coefficient (Wildman–Crippen LogP) is 4.31. The Balaban J connectivity index is 2.28. The second-order valence-corrected chi connectivity index (χ2v) is 5.62. The van der Waals surface area contributed by atoms with Crippen molar-refractivity contribution in [2.45, 2.75) is 6.92 Å². The number of nitrogens with two attached hydrogens (primary N) is 1. The zero-order valence-corrected chi connectivity index (χ0v) is 12.5. The van der Waals surface area contributed by atoms with Gasteiger partial charge in [0.25, 0.3) is 0 Å². The van der Waals surface area contributed by atoms with E-state index in [1.807, 2.05) is 47.9 Å². The van der Waals surface area contributed by atoms with E-state index in [2.05, 4.69) is 20.9 Å². The lowest BCUT2D eigenvalue weighted by Crippen LogP contribution is -1.94. The van der Waals surface area contributed by atoms with Crippen LogP contribution in [0.3, 0.4) is 0 Å². The van der Waals surface area contributed by atoms with E-state index in [1.54, 1.807) is 0 Å². The Morgan fingerprint density at radius 2 is 2.11 bits per heavy atom. The fraction of sp³-hybridized carbons (Fsp3) is 0.0714. The van der Waals surface area contributed by atoms with Gasteiger partial charge in [-0.3, -0.25) is 4.40 Å². The van der Waals surface area contributed by atoms with Crippen LogP contribution >= 0.6 is 27.5 Å². The van der Waals surface area contributed by atoms with Crippen LogP contribution in [-0.2, 0) is 0 Å². The highest BCUT2D eigenvalue weighted by Gasteiger charge is 2.13. The molecule has 0 spiro atoms. The van der Waals surface area contributed by atoms with Gasteiger partial charge in [-0.25, -0.2) is 4.98 Å². The number of aryl methyl sites for hydroxylation is 1. The summed E-state index contributed by atoms with van der Waals surface area (Å²) in [5, 5.41) is 0.644. The molecule has 19 heavy (non-hydrogen) atoms. The normalized spacial score (nSPS) is 11.1. The first kappa shape index (κ1) is 12.5. The molecule has 0 atom stereocenters.